The minimum absolute atomic E-state index is 0.0144. The lowest BCUT2D eigenvalue weighted by molar-refractivity contribution is 0.207. The van der Waals surface area contributed by atoms with E-state index in [0.29, 0.717) is 11.8 Å². The second-order valence-corrected chi connectivity index (χ2v) is 9.87. The number of aliphatic hydroxyl groups is 1. The number of likely N-dealkylation sites (tertiary alicyclic amines) is 1. The molecule has 0 bridgehead atoms. The molecule has 4 unspecified atom stereocenters. The summed E-state index contributed by atoms with van der Waals surface area (Å²) in [6, 6.07) is 10.8. The largest absolute Gasteiger partial charge is 0.389 e. The van der Waals surface area contributed by atoms with Crippen LogP contribution in [0.4, 0.5) is 0 Å². The molecule has 3 nitrogen and oxygen atoms in total. The number of aliphatic hydroxyl groups excluding tert-OH is 1. The minimum atomic E-state index is -0.413. The van der Waals surface area contributed by atoms with Crippen molar-refractivity contribution in [1.82, 2.24) is 4.90 Å². The van der Waals surface area contributed by atoms with Crippen LogP contribution < -0.4 is 0 Å². The Balaban J connectivity index is 1.58. The Labute approximate surface area is 180 Å². The van der Waals surface area contributed by atoms with E-state index in [0.717, 1.165) is 37.2 Å². The zero-order valence-electron chi connectivity index (χ0n) is 18.3. The van der Waals surface area contributed by atoms with E-state index in [1.807, 2.05) is 0 Å². The molecule has 2 aliphatic heterocycles. The van der Waals surface area contributed by atoms with Gasteiger partial charge in [-0.1, -0.05) is 62.4 Å². The molecular formula is C27H32N2O. The van der Waals surface area contributed by atoms with Gasteiger partial charge in [0.15, 0.2) is 0 Å². The summed E-state index contributed by atoms with van der Waals surface area (Å²) in [5, 5.41) is 10.4. The Hall–Kier alpha value is -2.39. The SMILES string of the molecule is CC(C)(c1ccccc1)C1C=C(N2C3=CC(O)CC=C3C3CCC=CC32C)N=CC1. The van der Waals surface area contributed by atoms with Crippen LogP contribution in [0.5, 0.6) is 0 Å². The molecule has 4 atom stereocenters. The molecule has 30 heavy (non-hydrogen) atoms. The molecule has 0 amide bonds. The molecule has 1 saturated heterocycles. The van der Waals surface area contributed by atoms with E-state index in [1.165, 1.54) is 11.1 Å². The molecule has 1 N–H and O–H groups in total. The van der Waals surface area contributed by atoms with Crippen LogP contribution in [0.3, 0.4) is 0 Å². The topological polar surface area (TPSA) is 35.8 Å². The van der Waals surface area contributed by atoms with Crippen LogP contribution >= 0.6 is 0 Å². The number of rotatable bonds is 3. The molecule has 2 heterocycles. The molecular weight excluding hydrogens is 368 g/mol. The third-order valence-corrected chi connectivity index (χ3v) is 7.71. The number of allylic oxidation sites excluding steroid dienone is 3. The quantitative estimate of drug-likeness (QED) is 0.679. The van der Waals surface area contributed by atoms with Crippen LogP contribution in [0.1, 0.15) is 52.0 Å². The second kappa shape index (κ2) is 7.09. The standard InChI is InChI=1S/C27H32N2O/c1-26(2,19-9-5-4-6-10-19)20-14-16-28-25(17-20)29-24-18-21(30)12-13-22(24)23-11-7-8-15-27(23,29)3/h4-6,8-10,13,15-18,20-21,23,30H,7,11-12,14H2,1-3H3. The number of benzene rings is 1. The van der Waals surface area contributed by atoms with Crippen molar-refractivity contribution in [3.8, 4) is 0 Å². The Morgan fingerprint density at radius 2 is 1.93 bits per heavy atom. The molecule has 156 valence electrons. The molecule has 2 aliphatic carbocycles. The van der Waals surface area contributed by atoms with E-state index in [-0.39, 0.29) is 11.0 Å². The second-order valence-electron chi connectivity index (χ2n) is 9.87. The first-order valence-electron chi connectivity index (χ1n) is 11.3. The van der Waals surface area contributed by atoms with Gasteiger partial charge in [0.1, 0.15) is 5.82 Å². The summed E-state index contributed by atoms with van der Waals surface area (Å²) in [5.74, 6) is 1.85. The zero-order valence-corrected chi connectivity index (χ0v) is 18.3. The average Bonchev–Trinajstić information content (AvgIpc) is 3.01. The summed E-state index contributed by atoms with van der Waals surface area (Å²) < 4.78 is 0. The van der Waals surface area contributed by atoms with E-state index in [1.54, 1.807) is 0 Å². The summed E-state index contributed by atoms with van der Waals surface area (Å²) in [7, 11) is 0. The lowest BCUT2D eigenvalue weighted by Crippen LogP contribution is -2.44. The van der Waals surface area contributed by atoms with Crippen molar-refractivity contribution in [2.75, 3.05) is 0 Å². The van der Waals surface area contributed by atoms with E-state index < -0.39 is 6.10 Å². The fourth-order valence-electron chi connectivity index (χ4n) is 5.81. The normalized spacial score (nSPS) is 32.9. The number of nitrogens with zero attached hydrogens (tertiary/aromatic N) is 2. The van der Waals surface area contributed by atoms with Gasteiger partial charge in [-0.05, 0) is 67.2 Å². The maximum absolute atomic E-state index is 10.4. The molecule has 1 aromatic rings. The van der Waals surface area contributed by atoms with E-state index in [2.05, 4.69) is 92.6 Å². The van der Waals surface area contributed by atoms with E-state index in [4.69, 9.17) is 4.99 Å². The Bertz CT molecular complexity index is 981. The maximum atomic E-state index is 10.4. The van der Waals surface area contributed by atoms with Crippen molar-refractivity contribution in [3.63, 3.8) is 0 Å². The summed E-state index contributed by atoms with van der Waals surface area (Å²) >= 11 is 0. The Kier molecular flexibility index (Phi) is 4.62. The summed E-state index contributed by atoms with van der Waals surface area (Å²) in [6.45, 7) is 7.01. The van der Waals surface area contributed by atoms with Crippen molar-refractivity contribution in [1.29, 1.82) is 0 Å². The molecule has 3 heteroatoms. The Morgan fingerprint density at radius 3 is 2.73 bits per heavy atom. The van der Waals surface area contributed by atoms with E-state index in [9.17, 15) is 5.11 Å². The highest BCUT2D eigenvalue weighted by Crippen LogP contribution is 2.54. The highest BCUT2D eigenvalue weighted by Gasteiger charge is 2.52. The van der Waals surface area contributed by atoms with Crippen molar-refractivity contribution in [2.24, 2.45) is 16.8 Å². The van der Waals surface area contributed by atoms with Crippen LogP contribution in [0.15, 0.2) is 82.8 Å². The number of hydrogen-bond acceptors (Lipinski definition) is 3. The predicted octanol–water partition coefficient (Wildman–Crippen LogP) is 5.51. The predicted molar refractivity (Wildman–Crippen MR) is 123 cm³/mol. The van der Waals surface area contributed by atoms with Gasteiger partial charge in [0, 0.05) is 17.8 Å². The molecule has 1 fully saturated rings. The third kappa shape index (κ3) is 2.94. The van der Waals surface area contributed by atoms with Crippen LogP contribution in [0.25, 0.3) is 0 Å². The van der Waals surface area contributed by atoms with Crippen molar-refractivity contribution in [2.45, 2.75) is 63.5 Å². The van der Waals surface area contributed by atoms with Crippen molar-refractivity contribution < 1.29 is 5.11 Å². The van der Waals surface area contributed by atoms with Gasteiger partial charge in [-0.2, -0.15) is 0 Å². The minimum Gasteiger partial charge on any atom is -0.389 e. The third-order valence-electron chi connectivity index (χ3n) is 7.71. The monoisotopic (exact) mass is 400 g/mol. The van der Waals surface area contributed by atoms with Gasteiger partial charge in [-0.25, -0.2) is 4.99 Å². The van der Waals surface area contributed by atoms with Gasteiger partial charge < -0.3 is 10.0 Å². The van der Waals surface area contributed by atoms with Gasteiger partial charge in [0.25, 0.3) is 0 Å². The molecule has 1 aromatic carbocycles. The number of aliphatic imine (C=N–C) groups is 1. The Morgan fingerprint density at radius 1 is 1.13 bits per heavy atom. The van der Waals surface area contributed by atoms with Gasteiger partial charge in [0.05, 0.1) is 11.6 Å². The van der Waals surface area contributed by atoms with Crippen LogP contribution in [-0.2, 0) is 5.41 Å². The smallest absolute Gasteiger partial charge is 0.129 e. The van der Waals surface area contributed by atoms with E-state index >= 15 is 0 Å². The molecule has 0 saturated carbocycles. The number of hydrogen-bond donors (Lipinski definition) is 1. The lowest BCUT2D eigenvalue weighted by atomic mass is 9.71. The number of fused-ring (bicyclic) bond motifs is 3. The van der Waals surface area contributed by atoms with Crippen molar-refractivity contribution >= 4 is 6.21 Å². The molecule has 5 rings (SSSR count). The summed E-state index contributed by atoms with van der Waals surface area (Å²) in [4.78, 5) is 7.31. The van der Waals surface area contributed by atoms with Gasteiger partial charge in [0.2, 0.25) is 0 Å². The summed E-state index contributed by atoms with van der Waals surface area (Å²) in [6.07, 6.45) is 17.0. The average molecular weight is 401 g/mol. The first kappa shape index (κ1) is 19.6. The highest BCUT2D eigenvalue weighted by atomic mass is 16.3. The zero-order chi connectivity index (χ0) is 20.9. The fourth-order valence-corrected chi connectivity index (χ4v) is 5.81. The molecule has 0 radical (unpaired) electrons. The van der Waals surface area contributed by atoms with Crippen LogP contribution in [0, 0.1) is 11.8 Å². The molecule has 0 spiro atoms. The first-order valence-corrected chi connectivity index (χ1v) is 11.3. The molecule has 0 aromatic heterocycles. The maximum Gasteiger partial charge on any atom is 0.129 e. The van der Waals surface area contributed by atoms with Crippen LogP contribution in [0.2, 0.25) is 0 Å². The fraction of sp³-hybridized carbons (Fsp3) is 0.444. The highest BCUT2D eigenvalue weighted by molar-refractivity contribution is 5.63. The van der Waals surface area contributed by atoms with Gasteiger partial charge >= 0.3 is 0 Å². The van der Waals surface area contributed by atoms with Crippen LogP contribution in [-0.4, -0.2) is 27.9 Å². The van der Waals surface area contributed by atoms with Gasteiger partial charge in [-0.3, -0.25) is 0 Å². The van der Waals surface area contributed by atoms with Crippen molar-refractivity contribution in [3.05, 3.63) is 83.4 Å². The lowest BCUT2D eigenvalue weighted by Gasteiger charge is -2.42. The summed E-state index contributed by atoms with van der Waals surface area (Å²) in [5.41, 5.74) is 3.81. The molecule has 4 aliphatic rings. The first-order chi connectivity index (χ1) is 14.4. The van der Waals surface area contributed by atoms with Gasteiger partial charge in [-0.15, -0.1) is 0 Å².